The van der Waals surface area contributed by atoms with Gasteiger partial charge in [-0.05, 0) is 35.9 Å². The minimum atomic E-state index is -1.15. The summed E-state index contributed by atoms with van der Waals surface area (Å²) in [6.45, 7) is 0. The van der Waals surface area contributed by atoms with Gasteiger partial charge in [0.15, 0.2) is 5.65 Å². The normalized spacial score (nSPS) is 12.4. The van der Waals surface area contributed by atoms with Crippen molar-refractivity contribution in [3.05, 3.63) is 70.6 Å². The van der Waals surface area contributed by atoms with Crippen LogP contribution in [0.3, 0.4) is 0 Å². The second-order valence-corrected chi connectivity index (χ2v) is 6.66. The molecule has 28 heavy (non-hydrogen) atoms. The lowest BCUT2D eigenvalue weighted by Crippen LogP contribution is -2.30. The Bertz CT molecular complexity index is 1220. The van der Waals surface area contributed by atoms with Crippen LogP contribution in [0.15, 0.2) is 48.5 Å². The van der Waals surface area contributed by atoms with Crippen molar-refractivity contribution in [1.82, 2.24) is 19.9 Å². The topological polar surface area (TPSA) is 99.5 Å². The number of aliphatic carboxylic acids is 1. The van der Waals surface area contributed by atoms with Crippen molar-refractivity contribution in [3.63, 3.8) is 0 Å². The number of aromatic amines is 1. The number of imidazole rings is 1. The number of para-hydroxylation sites is 2. The molecule has 0 aliphatic carbocycles. The van der Waals surface area contributed by atoms with E-state index in [-0.39, 0.29) is 16.3 Å². The molecule has 2 aromatic heterocycles. The number of rotatable bonds is 5. The lowest BCUT2D eigenvalue weighted by Gasteiger charge is -2.18. The van der Waals surface area contributed by atoms with Gasteiger partial charge in [-0.1, -0.05) is 23.7 Å². The van der Waals surface area contributed by atoms with E-state index in [1.54, 1.807) is 10.6 Å². The maximum absolute atomic E-state index is 13.6. The first kappa shape index (κ1) is 18.0. The minimum Gasteiger partial charge on any atom is -0.481 e. The molecule has 0 saturated carbocycles. The SMILES string of the molecule is O=C(O)CC(NC(=O)c1cc2nc3ccccc3n2[nH]1)c1cc(F)ccc1Cl. The maximum Gasteiger partial charge on any atom is 0.305 e. The smallest absolute Gasteiger partial charge is 0.305 e. The molecule has 1 amide bonds. The van der Waals surface area contributed by atoms with Gasteiger partial charge in [0.2, 0.25) is 0 Å². The standard InChI is InChI=1S/C19H14ClFN4O3/c20-12-6-5-10(21)7-11(12)14(9-18(26)27)23-19(28)15-8-17-22-13-3-1-2-4-16(13)25(17)24-15/h1-8,14,24H,9H2,(H,23,28)(H,26,27). The molecule has 0 spiro atoms. The Morgan fingerprint density at radius 1 is 1.25 bits per heavy atom. The summed E-state index contributed by atoms with van der Waals surface area (Å²) in [5.74, 6) is -2.28. The van der Waals surface area contributed by atoms with Crippen LogP contribution in [0.2, 0.25) is 5.02 Å². The predicted octanol–water partition coefficient (Wildman–Crippen LogP) is 3.55. The number of hydrogen-bond acceptors (Lipinski definition) is 3. The highest BCUT2D eigenvalue weighted by Crippen LogP contribution is 2.27. The molecule has 7 nitrogen and oxygen atoms in total. The molecule has 1 atom stereocenters. The maximum atomic E-state index is 13.6. The molecule has 4 aromatic rings. The van der Waals surface area contributed by atoms with Gasteiger partial charge in [0.1, 0.15) is 11.5 Å². The van der Waals surface area contributed by atoms with E-state index in [1.165, 1.54) is 6.07 Å². The zero-order chi connectivity index (χ0) is 19.8. The fourth-order valence-corrected chi connectivity index (χ4v) is 3.34. The zero-order valence-corrected chi connectivity index (χ0v) is 15.1. The summed E-state index contributed by atoms with van der Waals surface area (Å²) in [6.07, 6.45) is -0.449. The van der Waals surface area contributed by atoms with Gasteiger partial charge in [0.05, 0.1) is 23.5 Å². The number of carbonyl (C=O) groups excluding carboxylic acids is 1. The quantitative estimate of drug-likeness (QED) is 0.477. The number of carboxylic acids is 1. The number of halogens is 2. The van der Waals surface area contributed by atoms with Crippen LogP contribution < -0.4 is 5.32 Å². The molecule has 9 heteroatoms. The summed E-state index contributed by atoms with van der Waals surface area (Å²) in [7, 11) is 0. The van der Waals surface area contributed by atoms with Crippen LogP contribution in [0.4, 0.5) is 4.39 Å². The first-order valence-corrected chi connectivity index (χ1v) is 8.74. The van der Waals surface area contributed by atoms with E-state index in [1.807, 2.05) is 24.3 Å². The van der Waals surface area contributed by atoms with Crippen molar-refractivity contribution in [1.29, 1.82) is 0 Å². The van der Waals surface area contributed by atoms with E-state index in [0.29, 0.717) is 5.65 Å². The average Bonchev–Trinajstić information content (AvgIpc) is 3.21. The van der Waals surface area contributed by atoms with Crippen molar-refractivity contribution in [2.24, 2.45) is 0 Å². The fraction of sp³-hybridized carbons (Fsp3) is 0.105. The van der Waals surface area contributed by atoms with Crippen LogP contribution in [-0.2, 0) is 4.79 Å². The third-order valence-electron chi connectivity index (χ3n) is 4.35. The fourth-order valence-electron chi connectivity index (χ4n) is 3.09. The van der Waals surface area contributed by atoms with Crippen LogP contribution in [0.5, 0.6) is 0 Å². The second kappa shape index (κ2) is 6.97. The van der Waals surface area contributed by atoms with Crippen molar-refractivity contribution < 1.29 is 19.1 Å². The van der Waals surface area contributed by atoms with Gasteiger partial charge in [-0.3, -0.25) is 14.7 Å². The van der Waals surface area contributed by atoms with Crippen molar-refractivity contribution in [2.45, 2.75) is 12.5 Å². The highest BCUT2D eigenvalue weighted by Gasteiger charge is 2.23. The predicted molar refractivity (Wildman–Crippen MR) is 101 cm³/mol. The molecule has 0 aliphatic rings. The van der Waals surface area contributed by atoms with Gasteiger partial charge in [-0.15, -0.1) is 0 Å². The molecule has 3 N–H and O–H groups in total. The van der Waals surface area contributed by atoms with Gasteiger partial charge in [-0.25, -0.2) is 13.9 Å². The summed E-state index contributed by atoms with van der Waals surface area (Å²) in [6, 6.07) is 11.6. The van der Waals surface area contributed by atoms with Gasteiger partial charge in [-0.2, -0.15) is 0 Å². The number of nitrogens with zero attached hydrogens (tertiary/aromatic N) is 2. The molecular weight excluding hydrogens is 387 g/mol. The number of amides is 1. The van der Waals surface area contributed by atoms with E-state index >= 15 is 0 Å². The third-order valence-corrected chi connectivity index (χ3v) is 4.70. The number of hydrogen-bond donors (Lipinski definition) is 3. The van der Waals surface area contributed by atoms with Gasteiger partial charge >= 0.3 is 5.97 Å². The zero-order valence-electron chi connectivity index (χ0n) is 14.3. The van der Waals surface area contributed by atoms with Gasteiger partial charge in [0.25, 0.3) is 5.91 Å². The first-order chi connectivity index (χ1) is 13.4. The molecule has 142 valence electrons. The van der Waals surface area contributed by atoms with E-state index in [0.717, 1.165) is 23.2 Å². The number of aromatic nitrogens is 3. The molecule has 0 aliphatic heterocycles. The van der Waals surface area contributed by atoms with Crippen LogP contribution in [0, 0.1) is 5.82 Å². The molecule has 0 fully saturated rings. The summed E-state index contributed by atoms with van der Waals surface area (Å²) >= 11 is 6.08. The molecule has 0 radical (unpaired) electrons. The summed E-state index contributed by atoms with van der Waals surface area (Å²) < 4.78 is 15.3. The van der Waals surface area contributed by atoms with Crippen LogP contribution >= 0.6 is 11.6 Å². The Balaban J connectivity index is 1.66. The Kier molecular flexibility index (Phi) is 4.48. The Morgan fingerprint density at radius 2 is 2.04 bits per heavy atom. The van der Waals surface area contributed by atoms with Crippen LogP contribution in [0.1, 0.15) is 28.5 Å². The minimum absolute atomic E-state index is 0.167. The van der Waals surface area contributed by atoms with Crippen LogP contribution in [-0.4, -0.2) is 31.6 Å². The van der Waals surface area contributed by atoms with Gasteiger partial charge in [0, 0.05) is 11.1 Å². The Hall–Kier alpha value is -3.39. The summed E-state index contributed by atoms with van der Waals surface area (Å²) in [4.78, 5) is 28.3. The van der Waals surface area contributed by atoms with Gasteiger partial charge < -0.3 is 10.4 Å². The highest BCUT2D eigenvalue weighted by molar-refractivity contribution is 6.31. The van der Waals surface area contributed by atoms with E-state index < -0.39 is 30.2 Å². The number of H-pyrrole nitrogens is 1. The van der Waals surface area contributed by atoms with E-state index in [2.05, 4.69) is 15.4 Å². The van der Waals surface area contributed by atoms with Crippen molar-refractivity contribution >= 4 is 40.2 Å². The molecule has 0 saturated heterocycles. The average molecular weight is 401 g/mol. The van der Waals surface area contributed by atoms with Crippen molar-refractivity contribution in [2.75, 3.05) is 0 Å². The van der Waals surface area contributed by atoms with E-state index in [9.17, 15) is 19.1 Å². The molecule has 0 bridgehead atoms. The Labute approximate surface area is 162 Å². The molecule has 4 rings (SSSR count). The number of carbonyl (C=O) groups is 2. The summed E-state index contributed by atoms with van der Waals surface area (Å²) in [5, 5.41) is 14.9. The monoisotopic (exact) mass is 400 g/mol. The number of carboxylic acid groups (broad SMARTS) is 1. The lowest BCUT2D eigenvalue weighted by molar-refractivity contribution is -0.137. The highest BCUT2D eigenvalue weighted by atomic mass is 35.5. The number of nitrogens with one attached hydrogen (secondary N) is 2. The molecular formula is C19H14ClFN4O3. The second-order valence-electron chi connectivity index (χ2n) is 6.25. The third kappa shape index (κ3) is 3.29. The molecule has 1 unspecified atom stereocenters. The summed E-state index contributed by atoms with van der Waals surface area (Å²) in [5.41, 5.74) is 2.50. The number of benzene rings is 2. The first-order valence-electron chi connectivity index (χ1n) is 8.36. The van der Waals surface area contributed by atoms with Crippen LogP contribution in [0.25, 0.3) is 16.7 Å². The molecule has 2 heterocycles. The Morgan fingerprint density at radius 3 is 2.82 bits per heavy atom. The molecule has 2 aromatic carbocycles. The lowest BCUT2D eigenvalue weighted by atomic mass is 10.0. The van der Waals surface area contributed by atoms with Crippen molar-refractivity contribution in [3.8, 4) is 0 Å². The van der Waals surface area contributed by atoms with E-state index in [4.69, 9.17) is 11.6 Å². The number of fused-ring (bicyclic) bond motifs is 3. The largest absolute Gasteiger partial charge is 0.481 e.